The Kier molecular flexibility index (Phi) is 6.77. The van der Waals surface area contributed by atoms with Gasteiger partial charge in [-0.15, -0.1) is 0 Å². The third kappa shape index (κ3) is 4.39. The van der Waals surface area contributed by atoms with Crippen LogP contribution in [-0.4, -0.2) is 71.3 Å². The van der Waals surface area contributed by atoms with Gasteiger partial charge in [0, 0.05) is 45.6 Å². The average molecular weight is 403 g/mol. The number of hydrogen-bond donors (Lipinski definition) is 0. The molecule has 0 bridgehead atoms. The maximum absolute atomic E-state index is 13.0. The number of methoxy groups -OCH3 is 1. The Morgan fingerprint density at radius 3 is 2.72 bits per heavy atom. The van der Waals surface area contributed by atoms with E-state index in [1.807, 2.05) is 30.6 Å². The number of likely N-dealkylation sites (N-methyl/N-ethyl adjacent to an activating group) is 1. The Balaban J connectivity index is 1.65. The normalized spacial score (nSPS) is 19.1. The highest BCUT2D eigenvalue weighted by Gasteiger charge is 2.40. The van der Waals surface area contributed by atoms with Gasteiger partial charge in [-0.1, -0.05) is 6.42 Å². The number of fused-ring (bicyclic) bond motifs is 1. The molecule has 1 aromatic rings. The van der Waals surface area contributed by atoms with Crippen molar-refractivity contribution in [2.24, 2.45) is 7.05 Å². The molecular weight excluding hydrogens is 368 g/mol. The molecule has 0 aromatic carbocycles. The van der Waals surface area contributed by atoms with Crippen molar-refractivity contribution in [3.05, 3.63) is 28.1 Å². The molecule has 1 fully saturated rings. The molecule has 1 aliphatic heterocycles. The molecule has 0 saturated heterocycles. The summed E-state index contributed by atoms with van der Waals surface area (Å²) in [6.07, 6.45) is 5.14. The molecule has 3 rings (SSSR count). The van der Waals surface area contributed by atoms with E-state index in [4.69, 9.17) is 4.74 Å². The second-order valence-corrected chi connectivity index (χ2v) is 8.27. The number of carbonyl (C=O) groups excluding carboxylic acids is 2. The summed E-state index contributed by atoms with van der Waals surface area (Å²) >= 11 is 0. The fraction of sp³-hybridized carbons (Fsp3) is 0.682. The predicted molar refractivity (Wildman–Crippen MR) is 112 cm³/mol. The van der Waals surface area contributed by atoms with Crippen LogP contribution in [0.2, 0.25) is 0 Å². The Morgan fingerprint density at radius 2 is 2.07 bits per heavy atom. The SMILES string of the molecule is COCCN1C(=O)C(CC(=O)N(C)CCc2c(C)nn(C)c2C)=C2CCCCC21. The quantitative estimate of drug-likeness (QED) is 0.668. The number of hydrogen-bond acceptors (Lipinski definition) is 4. The van der Waals surface area contributed by atoms with Crippen LogP contribution < -0.4 is 0 Å². The van der Waals surface area contributed by atoms with Gasteiger partial charge < -0.3 is 14.5 Å². The van der Waals surface area contributed by atoms with Crippen LogP contribution in [0.4, 0.5) is 0 Å². The van der Waals surface area contributed by atoms with Crippen LogP contribution in [0.15, 0.2) is 11.1 Å². The minimum atomic E-state index is 0.0120. The lowest BCUT2D eigenvalue weighted by molar-refractivity contribution is -0.132. The first kappa shape index (κ1) is 21.6. The number of aromatic nitrogens is 2. The summed E-state index contributed by atoms with van der Waals surface area (Å²) in [5.74, 6) is 0.0441. The minimum absolute atomic E-state index is 0.0120. The van der Waals surface area contributed by atoms with Crippen LogP contribution >= 0.6 is 0 Å². The molecule has 2 heterocycles. The molecule has 1 aromatic heterocycles. The molecule has 1 unspecified atom stereocenters. The molecule has 7 nitrogen and oxygen atoms in total. The highest BCUT2D eigenvalue weighted by Crippen LogP contribution is 2.37. The number of aryl methyl sites for hydroxylation is 2. The molecule has 160 valence electrons. The van der Waals surface area contributed by atoms with Crippen LogP contribution in [0.5, 0.6) is 0 Å². The number of ether oxygens (including phenoxy) is 1. The highest BCUT2D eigenvalue weighted by atomic mass is 16.5. The average Bonchev–Trinajstić information content (AvgIpc) is 3.11. The van der Waals surface area contributed by atoms with Crippen molar-refractivity contribution in [3.8, 4) is 0 Å². The second-order valence-electron chi connectivity index (χ2n) is 8.27. The number of amides is 2. The van der Waals surface area contributed by atoms with Crippen LogP contribution in [0.1, 0.15) is 49.1 Å². The maximum atomic E-state index is 13.0. The molecule has 2 amide bonds. The predicted octanol–water partition coefficient (Wildman–Crippen LogP) is 2.16. The van der Waals surface area contributed by atoms with Crippen LogP contribution in [0.25, 0.3) is 0 Å². The largest absolute Gasteiger partial charge is 0.383 e. The molecule has 1 saturated carbocycles. The number of carbonyl (C=O) groups is 2. The van der Waals surface area contributed by atoms with Gasteiger partial charge in [0.05, 0.1) is 24.8 Å². The Bertz CT molecular complexity index is 811. The first-order valence-corrected chi connectivity index (χ1v) is 10.6. The van der Waals surface area contributed by atoms with Gasteiger partial charge in [0.1, 0.15) is 0 Å². The fourth-order valence-electron chi connectivity index (χ4n) is 4.65. The molecule has 0 spiro atoms. The standard InChI is InChI=1S/C22H34N4O3/c1-15-17(16(2)25(4)23-15)10-11-24(3)21(27)14-19-18-8-6-7-9-20(18)26(22(19)28)12-13-29-5/h20H,6-14H2,1-5H3. The molecule has 29 heavy (non-hydrogen) atoms. The topological polar surface area (TPSA) is 67.7 Å². The van der Waals surface area contributed by atoms with Gasteiger partial charge in [-0.3, -0.25) is 14.3 Å². The molecule has 2 aliphatic rings. The monoisotopic (exact) mass is 402 g/mol. The maximum Gasteiger partial charge on any atom is 0.250 e. The summed E-state index contributed by atoms with van der Waals surface area (Å²) in [5.41, 5.74) is 5.28. The molecule has 7 heteroatoms. The summed E-state index contributed by atoms with van der Waals surface area (Å²) in [5, 5.41) is 4.45. The van der Waals surface area contributed by atoms with E-state index in [2.05, 4.69) is 12.0 Å². The third-order valence-electron chi connectivity index (χ3n) is 6.50. The van der Waals surface area contributed by atoms with E-state index < -0.39 is 0 Å². The summed E-state index contributed by atoms with van der Waals surface area (Å²) in [6, 6.07) is 0.167. The summed E-state index contributed by atoms with van der Waals surface area (Å²) in [6.45, 7) is 5.81. The number of rotatable bonds is 8. The first-order valence-electron chi connectivity index (χ1n) is 10.6. The zero-order chi connectivity index (χ0) is 21.1. The van der Waals surface area contributed by atoms with Crippen molar-refractivity contribution in [1.29, 1.82) is 0 Å². The van der Waals surface area contributed by atoms with Gasteiger partial charge in [0.2, 0.25) is 5.91 Å². The van der Waals surface area contributed by atoms with Gasteiger partial charge in [-0.05, 0) is 50.7 Å². The van der Waals surface area contributed by atoms with Gasteiger partial charge in [0.15, 0.2) is 0 Å². The summed E-state index contributed by atoms with van der Waals surface area (Å²) in [4.78, 5) is 29.6. The van der Waals surface area contributed by atoms with Crippen molar-refractivity contribution in [2.45, 2.75) is 58.4 Å². The smallest absolute Gasteiger partial charge is 0.250 e. The van der Waals surface area contributed by atoms with E-state index in [0.717, 1.165) is 49.1 Å². The Labute approximate surface area is 173 Å². The lowest BCUT2D eigenvalue weighted by Gasteiger charge is -2.29. The summed E-state index contributed by atoms with van der Waals surface area (Å²) in [7, 11) is 5.42. The van der Waals surface area contributed by atoms with E-state index in [0.29, 0.717) is 19.7 Å². The van der Waals surface area contributed by atoms with Gasteiger partial charge in [0.25, 0.3) is 5.91 Å². The molecule has 0 N–H and O–H groups in total. The van der Waals surface area contributed by atoms with Crippen molar-refractivity contribution < 1.29 is 14.3 Å². The molecular formula is C22H34N4O3. The summed E-state index contributed by atoms with van der Waals surface area (Å²) < 4.78 is 7.07. The lowest BCUT2D eigenvalue weighted by Crippen LogP contribution is -2.39. The van der Waals surface area contributed by atoms with Crippen LogP contribution in [0, 0.1) is 13.8 Å². The fourth-order valence-corrected chi connectivity index (χ4v) is 4.65. The van der Waals surface area contributed by atoms with E-state index in [-0.39, 0.29) is 24.3 Å². The zero-order valence-corrected chi connectivity index (χ0v) is 18.5. The minimum Gasteiger partial charge on any atom is -0.383 e. The van der Waals surface area contributed by atoms with Crippen LogP contribution in [-0.2, 0) is 27.8 Å². The molecule has 0 radical (unpaired) electrons. The Hall–Kier alpha value is -2.15. The zero-order valence-electron chi connectivity index (χ0n) is 18.5. The van der Waals surface area contributed by atoms with Crippen molar-refractivity contribution >= 4 is 11.8 Å². The highest BCUT2D eigenvalue weighted by molar-refractivity contribution is 6.02. The van der Waals surface area contributed by atoms with Crippen molar-refractivity contribution in [2.75, 3.05) is 33.9 Å². The van der Waals surface area contributed by atoms with E-state index >= 15 is 0 Å². The number of nitrogens with zero attached hydrogens (tertiary/aromatic N) is 4. The van der Waals surface area contributed by atoms with Crippen molar-refractivity contribution in [1.82, 2.24) is 19.6 Å². The first-order chi connectivity index (χ1) is 13.8. The second kappa shape index (κ2) is 9.11. The Morgan fingerprint density at radius 1 is 1.31 bits per heavy atom. The van der Waals surface area contributed by atoms with E-state index in [1.54, 1.807) is 12.0 Å². The van der Waals surface area contributed by atoms with Crippen molar-refractivity contribution in [3.63, 3.8) is 0 Å². The third-order valence-corrected chi connectivity index (χ3v) is 6.50. The van der Waals surface area contributed by atoms with Gasteiger partial charge in [-0.2, -0.15) is 5.10 Å². The molecule has 1 aliphatic carbocycles. The van der Waals surface area contributed by atoms with Gasteiger partial charge >= 0.3 is 0 Å². The van der Waals surface area contributed by atoms with E-state index in [1.165, 1.54) is 11.1 Å². The van der Waals surface area contributed by atoms with Crippen LogP contribution in [0.3, 0.4) is 0 Å². The van der Waals surface area contributed by atoms with E-state index in [9.17, 15) is 9.59 Å². The van der Waals surface area contributed by atoms with Gasteiger partial charge in [-0.25, -0.2) is 0 Å². The lowest BCUT2D eigenvalue weighted by atomic mass is 9.88. The molecule has 1 atom stereocenters.